The summed E-state index contributed by atoms with van der Waals surface area (Å²) in [5.74, 6) is -0.0801. The molecule has 0 amide bonds. The molecule has 1 fully saturated rings. The Kier molecular flexibility index (Phi) is 2.86. The molecule has 1 aromatic rings. The number of aromatic carboxylic acids is 1. The third kappa shape index (κ3) is 2.35. The molecule has 2 rings (SSSR count). The van der Waals surface area contributed by atoms with E-state index in [0.717, 1.165) is 17.2 Å². The maximum Gasteiger partial charge on any atom is 0.335 e. The van der Waals surface area contributed by atoms with Crippen LogP contribution in [0.4, 0.5) is 5.69 Å². The molecule has 1 unspecified atom stereocenters. The molecular formula is C13H17NO2. The molecule has 0 radical (unpaired) electrons. The zero-order valence-electron chi connectivity index (χ0n) is 9.66. The number of aryl methyl sites for hydroxylation is 1. The second-order valence-corrected chi connectivity index (χ2v) is 4.61. The van der Waals surface area contributed by atoms with Gasteiger partial charge in [0.1, 0.15) is 0 Å². The number of benzene rings is 1. The highest BCUT2D eigenvalue weighted by Crippen LogP contribution is 2.34. The van der Waals surface area contributed by atoms with Gasteiger partial charge >= 0.3 is 5.97 Å². The Balaban J connectivity index is 2.12. The van der Waals surface area contributed by atoms with Gasteiger partial charge in [-0.25, -0.2) is 4.79 Å². The molecule has 0 heterocycles. The van der Waals surface area contributed by atoms with Crippen molar-refractivity contribution in [2.75, 3.05) is 5.32 Å². The molecule has 3 nitrogen and oxygen atoms in total. The van der Waals surface area contributed by atoms with Crippen LogP contribution in [0.3, 0.4) is 0 Å². The molecule has 1 aliphatic carbocycles. The molecule has 0 aromatic heterocycles. The molecule has 16 heavy (non-hydrogen) atoms. The van der Waals surface area contributed by atoms with E-state index in [2.05, 4.69) is 12.2 Å². The van der Waals surface area contributed by atoms with Crippen LogP contribution in [0.25, 0.3) is 0 Å². The topological polar surface area (TPSA) is 49.3 Å². The summed E-state index contributed by atoms with van der Waals surface area (Å²) >= 11 is 0. The van der Waals surface area contributed by atoms with Crippen LogP contribution in [0.5, 0.6) is 0 Å². The summed E-state index contributed by atoms with van der Waals surface area (Å²) in [6, 6.07) is 5.70. The molecule has 1 aliphatic rings. The lowest BCUT2D eigenvalue weighted by Gasteiger charge is -2.16. The molecule has 0 saturated heterocycles. The number of anilines is 1. The van der Waals surface area contributed by atoms with Crippen molar-refractivity contribution >= 4 is 11.7 Å². The van der Waals surface area contributed by atoms with Crippen molar-refractivity contribution in [2.24, 2.45) is 5.92 Å². The largest absolute Gasteiger partial charge is 0.478 e. The number of hydrogen-bond acceptors (Lipinski definition) is 2. The van der Waals surface area contributed by atoms with E-state index in [1.54, 1.807) is 12.1 Å². The van der Waals surface area contributed by atoms with E-state index in [9.17, 15) is 4.79 Å². The first-order valence-electron chi connectivity index (χ1n) is 5.68. The Morgan fingerprint density at radius 2 is 2.19 bits per heavy atom. The van der Waals surface area contributed by atoms with Gasteiger partial charge in [0.05, 0.1) is 5.56 Å². The van der Waals surface area contributed by atoms with Gasteiger partial charge in [0.25, 0.3) is 0 Å². The molecular weight excluding hydrogens is 202 g/mol. The third-order valence-electron chi connectivity index (χ3n) is 3.19. The van der Waals surface area contributed by atoms with Crippen LogP contribution < -0.4 is 5.32 Å². The van der Waals surface area contributed by atoms with Crippen LogP contribution >= 0.6 is 0 Å². The summed E-state index contributed by atoms with van der Waals surface area (Å²) in [5.41, 5.74) is 2.39. The number of nitrogens with one attached hydrogen (secondary N) is 1. The molecule has 0 bridgehead atoms. The van der Waals surface area contributed by atoms with E-state index in [-0.39, 0.29) is 0 Å². The van der Waals surface area contributed by atoms with Gasteiger partial charge in [0.2, 0.25) is 0 Å². The van der Waals surface area contributed by atoms with Crippen molar-refractivity contribution in [1.29, 1.82) is 0 Å². The minimum Gasteiger partial charge on any atom is -0.478 e. The summed E-state index contributed by atoms with van der Waals surface area (Å²) in [4.78, 5) is 10.8. The standard InChI is InChI=1S/C13H17NO2/c1-8-7-11(13(15)16)5-6-12(8)14-9(2)10-3-4-10/h5-7,9-10,14H,3-4H2,1-2H3,(H,15,16). The Morgan fingerprint density at radius 3 is 2.69 bits per heavy atom. The zero-order valence-corrected chi connectivity index (χ0v) is 9.66. The Hall–Kier alpha value is -1.51. The van der Waals surface area contributed by atoms with Gasteiger partial charge in [-0.1, -0.05) is 0 Å². The van der Waals surface area contributed by atoms with Gasteiger partial charge in [0.15, 0.2) is 0 Å². The molecule has 1 atom stereocenters. The first-order chi connectivity index (χ1) is 7.58. The smallest absolute Gasteiger partial charge is 0.335 e. The quantitative estimate of drug-likeness (QED) is 0.818. The average molecular weight is 219 g/mol. The van der Waals surface area contributed by atoms with Crippen molar-refractivity contribution in [2.45, 2.75) is 32.7 Å². The van der Waals surface area contributed by atoms with Crippen molar-refractivity contribution in [3.8, 4) is 0 Å². The fourth-order valence-electron chi connectivity index (χ4n) is 1.92. The maximum atomic E-state index is 10.8. The predicted molar refractivity (Wildman–Crippen MR) is 63.9 cm³/mol. The highest BCUT2D eigenvalue weighted by molar-refractivity contribution is 5.88. The number of carbonyl (C=O) groups is 1. The van der Waals surface area contributed by atoms with Crippen molar-refractivity contribution in [3.05, 3.63) is 29.3 Å². The van der Waals surface area contributed by atoms with Crippen LogP contribution in [0.15, 0.2) is 18.2 Å². The molecule has 1 saturated carbocycles. The Bertz CT molecular complexity index is 410. The van der Waals surface area contributed by atoms with Crippen LogP contribution in [-0.2, 0) is 0 Å². The van der Waals surface area contributed by atoms with Gasteiger partial charge in [0, 0.05) is 11.7 Å². The third-order valence-corrected chi connectivity index (χ3v) is 3.19. The molecule has 0 spiro atoms. The lowest BCUT2D eigenvalue weighted by Crippen LogP contribution is -2.18. The van der Waals surface area contributed by atoms with Crippen LogP contribution in [0.2, 0.25) is 0 Å². The molecule has 1 aromatic carbocycles. The van der Waals surface area contributed by atoms with Crippen LogP contribution in [0.1, 0.15) is 35.7 Å². The van der Waals surface area contributed by atoms with Gasteiger partial charge in [-0.2, -0.15) is 0 Å². The van der Waals surface area contributed by atoms with Crippen molar-refractivity contribution in [1.82, 2.24) is 0 Å². The van der Waals surface area contributed by atoms with Crippen LogP contribution in [0, 0.1) is 12.8 Å². The predicted octanol–water partition coefficient (Wildman–Crippen LogP) is 2.90. The van der Waals surface area contributed by atoms with Crippen molar-refractivity contribution < 1.29 is 9.90 Å². The van der Waals surface area contributed by atoms with Gasteiger partial charge in [-0.3, -0.25) is 0 Å². The van der Waals surface area contributed by atoms with Gasteiger partial charge in [-0.05, 0) is 56.4 Å². The Labute approximate surface area is 95.5 Å². The second kappa shape index (κ2) is 4.16. The fraction of sp³-hybridized carbons (Fsp3) is 0.462. The fourth-order valence-corrected chi connectivity index (χ4v) is 1.92. The van der Waals surface area contributed by atoms with E-state index in [4.69, 9.17) is 5.11 Å². The monoisotopic (exact) mass is 219 g/mol. The summed E-state index contributed by atoms with van der Waals surface area (Å²) in [6.07, 6.45) is 2.61. The highest BCUT2D eigenvalue weighted by Gasteiger charge is 2.27. The Morgan fingerprint density at radius 1 is 1.50 bits per heavy atom. The van der Waals surface area contributed by atoms with E-state index in [1.807, 2.05) is 13.0 Å². The van der Waals surface area contributed by atoms with E-state index >= 15 is 0 Å². The normalized spacial score (nSPS) is 16.9. The SMILES string of the molecule is Cc1cc(C(=O)O)ccc1NC(C)C1CC1. The van der Waals surface area contributed by atoms with Crippen molar-refractivity contribution in [3.63, 3.8) is 0 Å². The minimum absolute atomic E-state index is 0.349. The molecule has 3 heteroatoms. The van der Waals surface area contributed by atoms with Crippen LogP contribution in [-0.4, -0.2) is 17.1 Å². The number of hydrogen-bond donors (Lipinski definition) is 2. The van der Waals surface area contributed by atoms with E-state index in [1.165, 1.54) is 12.8 Å². The number of carboxylic acids is 1. The number of rotatable bonds is 4. The lowest BCUT2D eigenvalue weighted by atomic mass is 10.1. The van der Waals surface area contributed by atoms with Gasteiger partial charge in [-0.15, -0.1) is 0 Å². The van der Waals surface area contributed by atoms with E-state index < -0.39 is 5.97 Å². The maximum absolute atomic E-state index is 10.8. The highest BCUT2D eigenvalue weighted by atomic mass is 16.4. The summed E-state index contributed by atoms with van der Waals surface area (Å²) in [5, 5.41) is 12.3. The number of carboxylic acid groups (broad SMARTS) is 1. The lowest BCUT2D eigenvalue weighted by molar-refractivity contribution is 0.0697. The first kappa shape index (κ1) is 11.0. The van der Waals surface area contributed by atoms with E-state index in [0.29, 0.717) is 11.6 Å². The zero-order chi connectivity index (χ0) is 11.7. The molecule has 2 N–H and O–H groups in total. The molecule has 0 aliphatic heterocycles. The first-order valence-corrected chi connectivity index (χ1v) is 5.68. The average Bonchev–Trinajstić information content (AvgIpc) is 3.03. The minimum atomic E-state index is -0.870. The molecule has 86 valence electrons. The summed E-state index contributed by atoms with van der Waals surface area (Å²) < 4.78 is 0. The summed E-state index contributed by atoms with van der Waals surface area (Å²) in [6.45, 7) is 4.12. The van der Waals surface area contributed by atoms with Gasteiger partial charge < -0.3 is 10.4 Å². The summed E-state index contributed by atoms with van der Waals surface area (Å²) in [7, 11) is 0. The second-order valence-electron chi connectivity index (χ2n) is 4.61.